The van der Waals surface area contributed by atoms with Crippen LogP contribution in [0, 0.1) is 6.92 Å². The van der Waals surface area contributed by atoms with Crippen LogP contribution in [0.1, 0.15) is 29.5 Å². The molecule has 0 unspecified atom stereocenters. The van der Waals surface area contributed by atoms with Crippen LogP contribution < -0.4 is 10.6 Å². The Morgan fingerprint density at radius 2 is 2.00 bits per heavy atom. The second kappa shape index (κ2) is 6.19. The number of amides is 1. The van der Waals surface area contributed by atoms with E-state index in [1.54, 1.807) is 11.0 Å². The first kappa shape index (κ1) is 14.1. The topological polar surface area (TPSA) is 59.2 Å². The third-order valence-electron chi connectivity index (χ3n) is 2.98. The molecule has 20 heavy (non-hydrogen) atoms. The molecule has 2 N–H and O–H groups in total. The number of nitrogens with zero attached hydrogens (tertiary/aromatic N) is 2. The molecule has 0 spiro atoms. The first-order valence-electron chi connectivity index (χ1n) is 6.73. The van der Waals surface area contributed by atoms with E-state index in [2.05, 4.69) is 4.98 Å². The van der Waals surface area contributed by atoms with Crippen LogP contribution in [0.15, 0.2) is 42.5 Å². The molecule has 1 aromatic heterocycles. The molecule has 0 radical (unpaired) electrons. The first-order valence-corrected chi connectivity index (χ1v) is 6.73. The van der Waals surface area contributed by atoms with Crippen molar-refractivity contribution in [2.45, 2.75) is 20.3 Å². The summed E-state index contributed by atoms with van der Waals surface area (Å²) >= 11 is 0. The number of carbonyl (C=O) groups excluding carboxylic acids is 1. The molecule has 4 heteroatoms. The molecule has 1 amide bonds. The highest BCUT2D eigenvalue weighted by Gasteiger charge is 2.18. The van der Waals surface area contributed by atoms with Gasteiger partial charge in [0.25, 0.3) is 5.91 Å². The van der Waals surface area contributed by atoms with Gasteiger partial charge in [0.05, 0.1) is 0 Å². The van der Waals surface area contributed by atoms with E-state index < -0.39 is 0 Å². The molecule has 1 aromatic carbocycles. The second-order valence-electron chi connectivity index (χ2n) is 4.72. The lowest BCUT2D eigenvalue weighted by Crippen LogP contribution is -2.32. The average Bonchev–Trinajstić information content (AvgIpc) is 2.44. The predicted molar refractivity (Wildman–Crippen MR) is 81.8 cm³/mol. The van der Waals surface area contributed by atoms with E-state index in [0.29, 0.717) is 17.9 Å². The Morgan fingerprint density at radius 3 is 2.65 bits per heavy atom. The lowest BCUT2D eigenvalue weighted by molar-refractivity contribution is 0.0982. The highest BCUT2D eigenvalue weighted by Crippen LogP contribution is 2.20. The van der Waals surface area contributed by atoms with Crippen molar-refractivity contribution in [1.29, 1.82) is 0 Å². The van der Waals surface area contributed by atoms with Crippen molar-refractivity contribution < 1.29 is 4.79 Å². The molecule has 0 saturated heterocycles. The van der Waals surface area contributed by atoms with E-state index in [-0.39, 0.29) is 5.91 Å². The predicted octanol–water partition coefficient (Wildman–Crippen LogP) is 3.03. The fourth-order valence-electron chi connectivity index (χ4n) is 2.06. The van der Waals surface area contributed by atoms with Crippen LogP contribution in [0.5, 0.6) is 0 Å². The van der Waals surface area contributed by atoms with Gasteiger partial charge in [0.15, 0.2) is 0 Å². The summed E-state index contributed by atoms with van der Waals surface area (Å²) in [6.07, 6.45) is 0.867. The largest absolute Gasteiger partial charge is 0.399 e. The number of rotatable bonds is 4. The van der Waals surface area contributed by atoms with Gasteiger partial charge in [-0.05, 0) is 43.7 Å². The zero-order chi connectivity index (χ0) is 14.5. The Labute approximate surface area is 119 Å². The Kier molecular flexibility index (Phi) is 4.35. The minimum atomic E-state index is -0.0962. The first-order chi connectivity index (χ1) is 9.61. The van der Waals surface area contributed by atoms with Crippen LogP contribution in [0.4, 0.5) is 11.4 Å². The average molecular weight is 269 g/mol. The lowest BCUT2D eigenvalue weighted by atomic mass is 10.2. The molecule has 0 aliphatic rings. The van der Waals surface area contributed by atoms with Crippen LogP contribution in [0.3, 0.4) is 0 Å². The van der Waals surface area contributed by atoms with E-state index in [1.807, 2.05) is 50.2 Å². The summed E-state index contributed by atoms with van der Waals surface area (Å²) in [7, 11) is 0. The van der Waals surface area contributed by atoms with Crippen molar-refractivity contribution in [3.63, 3.8) is 0 Å². The summed E-state index contributed by atoms with van der Waals surface area (Å²) in [6, 6.07) is 12.8. The molecule has 1 heterocycles. The number of aryl methyl sites for hydroxylation is 1. The number of hydrogen-bond donors (Lipinski definition) is 1. The maximum absolute atomic E-state index is 12.6. The van der Waals surface area contributed by atoms with Gasteiger partial charge in [-0.15, -0.1) is 0 Å². The standard InChI is InChI=1S/C16H19N3O/c1-3-10-19(14-8-5-7-13(17)11-14)16(20)15-9-4-6-12(2)18-15/h4-9,11H,3,10,17H2,1-2H3. The fraction of sp³-hybridized carbons (Fsp3) is 0.250. The van der Waals surface area contributed by atoms with Crippen molar-refractivity contribution in [2.24, 2.45) is 0 Å². The van der Waals surface area contributed by atoms with Gasteiger partial charge in [0.1, 0.15) is 5.69 Å². The molecule has 0 fully saturated rings. The normalized spacial score (nSPS) is 10.3. The van der Waals surface area contributed by atoms with E-state index >= 15 is 0 Å². The summed E-state index contributed by atoms with van der Waals surface area (Å²) in [5.74, 6) is -0.0962. The number of anilines is 2. The molecule has 0 bridgehead atoms. The molecule has 2 aromatic rings. The highest BCUT2D eigenvalue weighted by atomic mass is 16.2. The van der Waals surface area contributed by atoms with Crippen molar-refractivity contribution in [3.05, 3.63) is 53.9 Å². The Balaban J connectivity index is 2.35. The number of hydrogen-bond acceptors (Lipinski definition) is 3. The summed E-state index contributed by atoms with van der Waals surface area (Å²) in [5.41, 5.74) is 8.55. The maximum Gasteiger partial charge on any atom is 0.276 e. The van der Waals surface area contributed by atoms with Crippen LogP contribution in [0.25, 0.3) is 0 Å². The monoisotopic (exact) mass is 269 g/mol. The second-order valence-corrected chi connectivity index (χ2v) is 4.72. The molecule has 2 rings (SSSR count). The van der Waals surface area contributed by atoms with Gasteiger partial charge in [-0.25, -0.2) is 4.98 Å². The van der Waals surface area contributed by atoms with Gasteiger partial charge in [0, 0.05) is 23.6 Å². The molecule has 0 saturated carbocycles. The molecule has 0 aliphatic heterocycles. The van der Waals surface area contributed by atoms with Crippen LogP contribution in [-0.2, 0) is 0 Å². The Bertz CT molecular complexity index is 610. The van der Waals surface area contributed by atoms with Gasteiger partial charge in [0.2, 0.25) is 0 Å². The Hall–Kier alpha value is -2.36. The zero-order valence-corrected chi connectivity index (χ0v) is 11.8. The molecule has 0 atom stereocenters. The summed E-state index contributed by atoms with van der Waals surface area (Å²) < 4.78 is 0. The van der Waals surface area contributed by atoms with Crippen molar-refractivity contribution in [2.75, 3.05) is 17.2 Å². The van der Waals surface area contributed by atoms with Crippen molar-refractivity contribution in [3.8, 4) is 0 Å². The van der Waals surface area contributed by atoms with Gasteiger partial charge in [-0.1, -0.05) is 19.1 Å². The van der Waals surface area contributed by atoms with E-state index in [1.165, 1.54) is 0 Å². The minimum Gasteiger partial charge on any atom is -0.399 e. The van der Waals surface area contributed by atoms with Gasteiger partial charge in [-0.3, -0.25) is 4.79 Å². The molecule has 104 valence electrons. The SMILES string of the molecule is CCCN(C(=O)c1cccc(C)n1)c1cccc(N)c1. The van der Waals surface area contributed by atoms with Gasteiger partial charge < -0.3 is 10.6 Å². The van der Waals surface area contributed by atoms with E-state index in [9.17, 15) is 4.79 Å². The molecule has 0 aliphatic carbocycles. The van der Waals surface area contributed by atoms with Gasteiger partial charge in [-0.2, -0.15) is 0 Å². The summed E-state index contributed by atoms with van der Waals surface area (Å²) in [4.78, 5) is 18.6. The maximum atomic E-state index is 12.6. The Morgan fingerprint density at radius 1 is 1.25 bits per heavy atom. The smallest absolute Gasteiger partial charge is 0.276 e. The third kappa shape index (κ3) is 3.15. The number of aromatic nitrogens is 1. The molecule has 4 nitrogen and oxygen atoms in total. The zero-order valence-electron chi connectivity index (χ0n) is 11.8. The summed E-state index contributed by atoms with van der Waals surface area (Å²) in [5, 5.41) is 0. The van der Waals surface area contributed by atoms with E-state index in [4.69, 9.17) is 5.73 Å². The lowest BCUT2D eigenvalue weighted by Gasteiger charge is -2.22. The van der Waals surface area contributed by atoms with E-state index in [0.717, 1.165) is 17.8 Å². The minimum absolute atomic E-state index is 0.0962. The number of nitrogens with two attached hydrogens (primary N) is 1. The van der Waals surface area contributed by atoms with Crippen LogP contribution >= 0.6 is 0 Å². The number of benzene rings is 1. The third-order valence-corrected chi connectivity index (χ3v) is 2.98. The van der Waals surface area contributed by atoms with Crippen molar-refractivity contribution in [1.82, 2.24) is 4.98 Å². The number of nitrogen functional groups attached to an aromatic ring is 1. The summed E-state index contributed by atoms with van der Waals surface area (Å²) in [6.45, 7) is 4.55. The molecular weight excluding hydrogens is 250 g/mol. The quantitative estimate of drug-likeness (QED) is 0.868. The van der Waals surface area contributed by atoms with Gasteiger partial charge >= 0.3 is 0 Å². The number of pyridine rings is 1. The van der Waals surface area contributed by atoms with Crippen LogP contribution in [0.2, 0.25) is 0 Å². The molecular formula is C16H19N3O. The van der Waals surface area contributed by atoms with Crippen molar-refractivity contribution >= 4 is 17.3 Å². The highest BCUT2D eigenvalue weighted by molar-refractivity contribution is 6.05. The fourth-order valence-corrected chi connectivity index (χ4v) is 2.06. The van der Waals surface area contributed by atoms with Crippen LogP contribution in [-0.4, -0.2) is 17.4 Å². The number of carbonyl (C=O) groups is 1.